The second-order valence-electron chi connectivity index (χ2n) is 4.00. The first kappa shape index (κ1) is 13.2. The van der Waals surface area contributed by atoms with Gasteiger partial charge in [0, 0.05) is 19.0 Å². The molecule has 1 aromatic heterocycles. The van der Waals surface area contributed by atoms with Crippen molar-refractivity contribution >= 4 is 11.9 Å². The van der Waals surface area contributed by atoms with E-state index < -0.39 is 5.97 Å². The molecule has 1 amide bonds. The summed E-state index contributed by atoms with van der Waals surface area (Å²) >= 11 is 0. The number of aromatic nitrogens is 1. The van der Waals surface area contributed by atoms with E-state index in [2.05, 4.69) is 10.3 Å². The summed E-state index contributed by atoms with van der Waals surface area (Å²) in [6.07, 6.45) is 1.89. The summed E-state index contributed by atoms with van der Waals surface area (Å²) in [6, 6.07) is 5.47. The van der Waals surface area contributed by atoms with Crippen LogP contribution in [0.5, 0.6) is 0 Å². The first-order chi connectivity index (χ1) is 8.08. The third-order valence-corrected chi connectivity index (χ3v) is 2.25. The first-order valence-corrected chi connectivity index (χ1v) is 5.46. The van der Waals surface area contributed by atoms with Crippen molar-refractivity contribution in [2.45, 2.75) is 26.3 Å². The van der Waals surface area contributed by atoms with Crippen molar-refractivity contribution in [3.05, 3.63) is 30.1 Å². The second-order valence-corrected chi connectivity index (χ2v) is 4.00. The molecule has 0 aliphatic rings. The molecule has 1 heterocycles. The molecule has 0 fully saturated rings. The minimum atomic E-state index is -0.880. The molecule has 1 unspecified atom stereocenters. The van der Waals surface area contributed by atoms with E-state index in [1.165, 1.54) is 0 Å². The predicted molar refractivity (Wildman–Crippen MR) is 62.1 cm³/mol. The molecule has 1 atom stereocenters. The Morgan fingerprint density at radius 2 is 2.18 bits per heavy atom. The highest BCUT2D eigenvalue weighted by Crippen LogP contribution is 2.07. The van der Waals surface area contributed by atoms with E-state index in [-0.39, 0.29) is 24.7 Å². The Kier molecular flexibility index (Phi) is 5.13. The Morgan fingerprint density at radius 1 is 1.41 bits per heavy atom. The number of pyridine rings is 1. The normalized spacial score (nSPS) is 11.8. The molecule has 0 aromatic carbocycles. The van der Waals surface area contributed by atoms with E-state index in [1.807, 2.05) is 12.1 Å². The van der Waals surface area contributed by atoms with Gasteiger partial charge in [-0.15, -0.1) is 0 Å². The van der Waals surface area contributed by atoms with Crippen molar-refractivity contribution in [3.8, 4) is 0 Å². The van der Waals surface area contributed by atoms with Gasteiger partial charge in [0.05, 0.1) is 12.2 Å². The lowest BCUT2D eigenvalue weighted by molar-refractivity contribution is -0.138. The monoisotopic (exact) mass is 236 g/mol. The number of nitrogens with one attached hydrogen (secondary N) is 1. The molecule has 92 valence electrons. The van der Waals surface area contributed by atoms with Crippen LogP contribution in [0, 0.1) is 5.92 Å². The van der Waals surface area contributed by atoms with Crippen LogP contribution >= 0.6 is 0 Å². The molecule has 1 rings (SSSR count). The van der Waals surface area contributed by atoms with Gasteiger partial charge in [0.2, 0.25) is 5.91 Å². The van der Waals surface area contributed by atoms with Crippen molar-refractivity contribution in [2.24, 2.45) is 5.92 Å². The first-order valence-electron chi connectivity index (χ1n) is 5.46. The fourth-order valence-corrected chi connectivity index (χ4v) is 1.45. The highest BCUT2D eigenvalue weighted by Gasteiger charge is 2.12. The van der Waals surface area contributed by atoms with E-state index in [0.717, 1.165) is 5.69 Å². The van der Waals surface area contributed by atoms with Gasteiger partial charge in [0.25, 0.3) is 0 Å². The molecular formula is C12H16N2O3. The molecule has 2 N–H and O–H groups in total. The lowest BCUT2D eigenvalue weighted by atomic mass is 10.0. The van der Waals surface area contributed by atoms with Crippen LogP contribution in [0.2, 0.25) is 0 Å². The summed E-state index contributed by atoms with van der Waals surface area (Å²) in [5, 5.41) is 11.3. The van der Waals surface area contributed by atoms with Crippen molar-refractivity contribution in [1.29, 1.82) is 0 Å². The van der Waals surface area contributed by atoms with Gasteiger partial charge in [-0.25, -0.2) is 0 Å². The molecular weight excluding hydrogens is 220 g/mol. The average molecular weight is 236 g/mol. The number of hydrogen-bond donors (Lipinski definition) is 2. The van der Waals surface area contributed by atoms with Gasteiger partial charge in [-0.05, 0) is 18.1 Å². The molecule has 0 radical (unpaired) electrons. The Bertz CT molecular complexity index is 379. The second kappa shape index (κ2) is 6.62. The SMILES string of the molecule is CC(CC(=O)O)CC(=O)NCc1ccccn1. The number of carbonyl (C=O) groups excluding carboxylic acids is 1. The van der Waals surface area contributed by atoms with Crippen LogP contribution in [-0.2, 0) is 16.1 Å². The lowest BCUT2D eigenvalue weighted by Gasteiger charge is -2.08. The van der Waals surface area contributed by atoms with E-state index in [0.29, 0.717) is 6.54 Å². The maximum absolute atomic E-state index is 11.5. The summed E-state index contributed by atoms with van der Waals surface area (Å²) in [5.74, 6) is -1.18. The third kappa shape index (κ3) is 5.65. The number of nitrogens with zero attached hydrogens (tertiary/aromatic N) is 1. The van der Waals surface area contributed by atoms with Crippen LogP contribution in [0.3, 0.4) is 0 Å². The zero-order valence-electron chi connectivity index (χ0n) is 9.72. The molecule has 5 nitrogen and oxygen atoms in total. The molecule has 0 saturated heterocycles. The van der Waals surface area contributed by atoms with Crippen LogP contribution in [0.4, 0.5) is 0 Å². The smallest absolute Gasteiger partial charge is 0.303 e. The van der Waals surface area contributed by atoms with Crippen molar-refractivity contribution < 1.29 is 14.7 Å². The highest BCUT2D eigenvalue weighted by molar-refractivity contribution is 5.77. The Labute approximate surface area is 99.9 Å². The maximum Gasteiger partial charge on any atom is 0.303 e. The van der Waals surface area contributed by atoms with Crippen LogP contribution in [-0.4, -0.2) is 22.0 Å². The highest BCUT2D eigenvalue weighted by atomic mass is 16.4. The van der Waals surface area contributed by atoms with E-state index in [1.54, 1.807) is 19.2 Å². The summed E-state index contributed by atoms with van der Waals surface area (Å²) in [4.78, 5) is 26.0. The maximum atomic E-state index is 11.5. The Balaban J connectivity index is 2.28. The van der Waals surface area contributed by atoms with Crippen molar-refractivity contribution in [2.75, 3.05) is 0 Å². The molecule has 0 bridgehead atoms. The topological polar surface area (TPSA) is 79.3 Å². The molecule has 0 aliphatic heterocycles. The summed E-state index contributed by atoms with van der Waals surface area (Å²) in [6.45, 7) is 2.12. The van der Waals surface area contributed by atoms with Gasteiger partial charge in [-0.1, -0.05) is 13.0 Å². The average Bonchev–Trinajstić information content (AvgIpc) is 2.26. The number of rotatable bonds is 6. The standard InChI is InChI=1S/C12H16N2O3/c1-9(7-12(16)17)6-11(15)14-8-10-4-2-3-5-13-10/h2-5,9H,6-8H2,1H3,(H,14,15)(H,16,17). The Morgan fingerprint density at radius 3 is 2.76 bits per heavy atom. The molecule has 0 saturated carbocycles. The predicted octanol–water partition coefficient (Wildman–Crippen LogP) is 1.20. The summed E-state index contributed by atoms with van der Waals surface area (Å²) in [7, 11) is 0. The van der Waals surface area contributed by atoms with Crippen molar-refractivity contribution in [3.63, 3.8) is 0 Å². The van der Waals surface area contributed by atoms with E-state index in [9.17, 15) is 9.59 Å². The van der Waals surface area contributed by atoms with Crippen LogP contribution < -0.4 is 5.32 Å². The zero-order chi connectivity index (χ0) is 12.7. The van der Waals surface area contributed by atoms with Crippen LogP contribution in [0.1, 0.15) is 25.5 Å². The zero-order valence-corrected chi connectivity index (χ0v) is 9.72. The fourth-order valence-electron chi connectivity index (χ4n) is 1.45. The molecule has 0 spiro atoms. The molecule has 0 aliphatic carbocycles. The van der Waals surface area contributed by atoms with Gasteiger partial charge in [0.1, 0.15) is 0 Å². The number of carboxylic acid groups (broad SMARTS) is 1. The number of aliphatic carboxylic acids is 1. The number of carboxylic acids is 1. The van der Waals surface area contributed by atoms with E-state index in [4.69, 9.17) is 5.11 Å². The molecule has 17 heavy (non-hydrogen) atoms. The number of carbonyl (C=O) groups is 2. The van der Waals surface area contributed by atoms with E-state index >= 15 is 0 Å². The van der Waals surface area contributed by atoms with Crippen LogP contribution in [0.15, 0.2) is 24.4 Å². The minimum absolute atomic E-state index is 0.0109. The molecule has 5 heteroatoms. The third-order valence-electron chi connectivity index (χ3n) is 2.25. The Hall–Kier alpha value is -1.91. The van der Waals surface area contributed by atoms with Crippen molar-refractivity contribution in [1.82, 2.24) is 10.3 Å². The van der Waals surface area contributed by atoms with Gasteiger partial charge >= 0.3 is 5.97 Å². The van der Waals surface area contributed by atoms with Gasteiger partial charge in [0.15, 0.2) is 0 Å². The fraction of sp³-hybridized carbons (Fsp3) is 0.417. The minimum Gasteiger partial charge on any atom is -0.481 e. The number of amides is 1. The summed E-state index contributed by atoms with van der Waals surface area (Å²) < 4.78 is 0. The number of hydrogen-bond acceptors (Lipinski definition) is 3. The van der Waals surface area contributed by atoms with Gasteiger partial charge in [-0.2, -0.15) is 0 Å². The summed E-state index contributed by atoms with van der Waals surface area (Å²) in [5.41, 5.74) is 0.784. The quantitative estimate of drug-likeness (QED) is 0.777. The van der Waals surface area contributed by atoms with Crippen LogP contribution in [0.25, 0.3) is 0 Å². The van der Waals surface area contributed by atoms with Gasteiger partial charge < -0.3 is 10.4 Å². The molecule has 1 aromatic rings. The lowest BCUT2D eigenvalue weighted by Crippen LogP contribution is -2.25. The van der Waals surface area contributed by atoms with Gasteiger partial charge in [-0.3, -0.25) is 14.6 Å². The largest absolute Gasteiger partial charge is 0.481 e.